The average Bonchev–Trinajstić information content (AvgIpc) is 2.58. The summed E-state index contributed by atoms with van der Waals surface area (Å²) in [6.07, 6.45) is 5.93. The number of nitrogens with zero attached hydrogens (tertiary/aromatic N) is 3. The zero-order valence-corrected chi connectivity index (χ0v) is 13.5. The maximum absolute atomic E-state index is 11.7. The normalized spacial score (nSPS) is 18.7. The van der Waals surface area contributed by atoms with E-state index in [0.717, 1.165) is 25.2 Å². The molecule has 1 fully saturated rings. The van der Waals surface area contributed by atoms with Crippen LogP contribution in [0.3, 0.4) is 0 Å². The first kappa shape index (κ1) is 15.7. The van der Waals surface area contributed by atoms with E-state index in [2.05, 4.69) is 9.88 Å². The van der Waals surface area contributed by atoms with E-state index < -0.39 is 0 Å². The summed E-state index contributed by atoms with van der Waals surface area (Å²) in [4.78, 5) is 18.3. The summed E-state index contributed by atoms with van der Waals surface area (Å²) in [5.41, 5.74) is 1.13. The SMILES string of the molecule is Cn1ccc(CN2CCCC(COc3ccccn3)C2)cc1=O. The summed E-state index contributed by atoms with van der Waals surface area (Å²) in [7, 11) is 1.78. The van der Waals surface area contributed by atoms with Gasteiger partial charge < -0.3 is 9.30 Å². The second kappa shape index (κ2) is 7.42. The fraction of sp³-hybridized carbons (Fsp3) is 0.444. The summed E-state index contributed by atoms with van der Waals surface area (Å²) >= 11 is 0. The molecule has 0 N–H and O–H groups in total. The van der Waals surface area contributed by atoms with E-state index >= 15 is 0 Å². The largest absolute Gasteiger partial charge is 0.477 e. The molecular weight excluding hydrogens is 290 g/mol. The monoisotopic (exact) mass is 313 g/mol. The van der Waals surface area contributed by atoms with Crippen molar-refractivity contribution in [2.75, 3.05) is 19.7 Å². The second-order valence-electron chi connectivity index (χ2n) is 6.21. The number of ether oxygens (including phenoxy) is 1. The minimum Gasteiger partial charge on any atom is -0.477 e. The first-order valence-corrected chi connectivity index (χ1v) is 8.12. The van der Waals surface area contributed by atoms with Crippen molar-refractivity contribution in [2.24, 2.45) is 13.0 Å². The Kier molecular flexibility index (Phi) is 5.08. The minimum absolute atomic E-state index is 0.0505. The third kappa shape index (κ3) is 4.42. The average molecular weight is 313 g/mol. The highest BCUT2D eigenvalue weighted by atomic mass is 16.5. The number of pyridine rings is 2. The van der Waals surface area contributed by atoms with Gasteiger partial charge in [0.2, 0.25) is 5.88 Å². The lowest BCUT2D eigenvalue weighted by Gasteiger charge is -2.32. The van der Waals surface area contributed by atoms with Gasteiger partial charge in [-0.25, -0.2) is 4.98 Å². The molecule has 23 heavy (non-hydrogen) atoms. The zero-order valence-electron chi connectivity index (χ0n) is 13.5. The number of piperidine rings is 1. The van der Waals surface area contributed by atoms with Crippen LogP contribution in [0.1, 0.15) is 18.4 Å². The van der Waals surface area contributed by atoms with Crippen molar-refractivity contribution < 1.29 is 4.74 Å². The third-order valence-electron chi connectivity index (χ3n) is 4.28. The first-order chi connectivity index (χ1) is 11.2. The Morgan fingerprint density at radius 3 is 3.04 bits per heavy atom. The molecule has 0 bridgehead atoms. The van der Waals surface area contributed by atoms with Crippen LogP contribution in [0.5, 0.6) is 5.88 Å². The predicted molar refractivity (Wildman–Crippen MR) is 89.4 cm³/mol. The molecule has 1 aliphatic rings. The van der Waals surface area contributed by atoms with Gasteiger partial charge in [-0.15, -0.1) is 0 Å². The van der Waals surface area contributed by atoms with Gasteiger partial charge in [0, 0.05) is 50.6 Å². The summed E-state index contributed by atoms with van der Waals surface area (Å²) in [5, 5.41) is 0. The van der Waals surface area contributed by atoms with Crippen LogP contribution in [0.25, 0.3) is 0 Å². The van der Waals surface area contributed by atoms with Gasteiger partial charge in [0.15, 0.2) is 0 Å². The molecule has 2 aromatic heterocycles. The first-order valence-electron chi connectivity index (χ1n) is 8.12. The topological polar surface area (TPSA) is 47.4 Å². The fourth-order valence-electron chi connectivity index (χ4n) is 3.01. The van der Waals surface area contributed by atoms with Crippen LogP contribution in [-0.2, 0) is 13.6 Å². The van der Waals surface area contributed by atoms with Crippen LogP contribution in [0.4, 0.5) is 0 Å². The van der Waals surface area contributed by atoms with Crippen molar-refractivity contribution in [2.45, 2.75) is 19.4 Å². The Hall–Kier alpha value is -2.14. The smallest absolute Gasteiger partial charge is 0.250 e. The molecule has 1 aliphatic heterocycles. The molecular formula is C18H23N3O2. The van der Waals surface area contributed by atoms with Crippen molar-refractivity contribution in [3.05, 3.63) is 58.6 Å². The van der Waals surface area contributed by atoms with Crippen molar-refractivity contribution in [1.82, 2.24) is 14.5 Å². The van der Waals surface area contributed by atoms with Gasteiger partial charge in [0.05, 0.1) is 6.61 Å². The van der Waals surface area contributed by atoms with Gasteiger partial charge in [0.25, 0.3) is 5.56 Å². The van der Waals surface area contributed by atoms with E-state index in [1.807, 2.05) is 30.5 Å². The van der Waals surface area contributed by atoms with E-state index in [1.165, 1.54) is 12.8 Å². The van der Waals surface area contributed by atoms with E-state index in [9.17, 15) is 4.79 Å². The fourth-order valence-corrected chi connectivity index (χ4v) is 3.01. The standard InChI is InChI=1S/C18H23N3O2/c1-20-10-7-15(11-18(20)22)12-21-9-4-5-16(13-21)14-23-17-6-2-3-8-19-17/h2-3,6-8,10-11,16H,4-5,9,12-14H2,1H3. The number of hydrogen-bond donors (Lipinski definition) is 0. The van der Waals surface area contributed by atoms with Crippen LogP contribution >= 0.6 is 0 Å². The Morgan fingerprint density at radius 1 is 1.35 bits per heavy atom. The van der Waals surface area contributed by atoms with Crippen LogP contribution in [0.15, 0.2) is 47.5 Å². The maximum Gasteiger partial charge on any atom is 0.250 e. The van der Waals surface area contributed by atoms with Gasteiger partial charge >= 0.3 is 0 Å². The van der Waals surface area contributed by atoms with Gasteiger partial charge in [-0.05, 0) is 37.1 Å². The van der Waals surface area contributed by atoms with Gasteiger partial charge in [0.1, 0.15) is 0 Å². The van der Waals surface area contributed by atoms with E-state index in [0.29, 0.717) is 18.4 Å². The van der Waals surface area contributed by atoms with Crippen LogP contribution in [0.2, 0.25) is 0 Å². The summed E-state index contributed by atoms with van der Waals surface area (Å²) in [5.74, 6) is 1.20. The van der Waals surface area contributed by atoms with Crippen molar-refractivity contribution in [3.63, 3.8) is 0 Å². The molecule has 0 saturated carbocycles. The van der Waals surface area contributed by atoms with Crippen molar-refractivity contribution in [3.8, 4) is 5.88 Å². The van der Waals surface area contributed by atoms with Gasteiger partial charge in [-0.2, -0.15) is 0 Å². The molecule has 0 aliphatic carbocycles. The Balaban J connectivity index is 1.53. The minimum atomic E-state index is 0.0505. The molecule has 0 aromatic carbocycles. The highest BCUT2D eigenvalue weighted by molar-refractivity contribution is 5.11. The molecule has 5 heteroatoms. The summed E-state index contributed by atoms with van der Waals surface area (Å²) in [6.45, 7) is 3.61. The molecule has 3 heterocycles. The van der Waals surface area contributed by atoms with Gasteiger partial charge in [-0.1, -0.05) is 6.07 Å². The second-order valence-corrected chi connectivity index (χ2v) is 6.21. The van der Waals surface area contributed by atoms with Crippen molar-refractivity contribution >= 4 is 0 Å². The zero-order chi connectivity index (χ0) is 16.1. The molecule has 2 aromatic rings. The number of likely N-dealkylation sites (tertiary alicyclic amines) is 1. The molecule has 1 saturated heterocycles. The summed E-state index contributed by atoms with van der Waals surface area (Å²) < 4.78 is 7.39. The number of hydrogen-bond acceptors (Lipinski definition) is 4. The van der Waals surface area contributed by atoms with E-state index in [4.69, 9.17) is 4.74 Å². The number of aryl methyl sites for hydroxylation is 1. The molecule has 0 radical (unpaired) electrons. The molecule has 5 nitrogen and oxygen atoms in total. The van der Waals surface area contributed by atoms with E-state index in [1.54, 1.807) is 23.9 Å². The quantitative estimate of drug-likeness (QED) is 0.848. The number of rotatable bonds is 5. The Morgan fingerprint density at radius 2 is 2.26 bits per heavy atom. The maximum atomic E-state index is 11.7. The molecule has 0 amide bonds. The molecule has 122 valence electrons. The van der Waals surface area contributed by atoms with Crippen molar-refractivity contribution in [1.29, 1.82) is 0 Å². The van der Waals surface area contributed by atoms with E-state index in [-0.39, 0.29) is 5.56 Å². The summed E-state index contributed by atoms with van der Waals surface area (Å²) in [6, 6.07) is 9.47. The lowest BCUT2D eigenvalue weighted by molar-refractivity contribution is 0.123. The lowest BCUT2D eigenvalue weighted by Crippen LogP contribution is -2.37. The molecule has 1 unspecified atom stereocenters. The predicted octanol–water partition coefficient (Wildman–Crippen LogP) is 2.07. The molecule has 1 atom stereocenters. The van der Waals surface area contributed by atoms with Gasteiger partial charge in [-0.3, -0.25) is 9.69 Å². The third-order valence-corrected chi connectivity index (χ3v) is 4.28. The lowest BCUT2D eigenvalue weighted by atomic mass is 9.98. The highest BCUT2D eigenvalue weighted by Crippen LogP contribution is 2.19. The number of aromatic nitrogens is 2. The highest BCUT2D eigenvalue weighted by Gasteiger charge is 2.20. The van der Waals surface area contributed by atoms with Crippen LogP contribution in [-0.4, -0.2) is 34.1 Å². The molecule has 0 spiro atoms. The Bertz CT molecular complexity index is 684. The molecule has 3 rings (SSSR count). The van der Waals surface area contributed by atoms with Crippen LogP contribution < -0.4 is 10.3 Å². The van der Waals surface area contributed by atoms with Crippen LogP contribution in [0, 0.1) is 5.92 Å². The Labute approximate surface area is 136 Å².